The van der Waals surface area contributed by atoms with Crippen molar-refractivity contribution in [1.29, 1.82) is 0 Å². The van der Waals surface area contributed by atoms with E-state index in [4.69, 9.17) is 5.10 Å². The van der Waals surface area contributed by atoms with E-state index >= 15 is 0 Å². The fourth-order valence-electron chi connectivity index (χ4n) is 3.57. The second-order valence-corrected chi connectivity index (χ2v) is 9.41. The average Bonchev–Trinajstić information content (AvgIpc) is 3.26. The standard InChI is InChI=1S/C19H24N8S/c1-19(2,3)17-22-21-15-5-6-16(23-27(15)17)26-11-14(12-26)24(4)9-13-10-25-7-8-28-18(25)20-13/h5-8,10,14H,9,11-12H2,1-4H3. The molecule has 1 aliphatic rings. The van der Waals surface area contributed by atoms with Gasteiger partial charge in [0.05, 0.1) is 5.69 Å². The zero-order valence-corrected chi connectivity index (χ0v) is 17.4. The molecule has 1 aliphatic heterocycles. The quantitative estimate of drug-likeness (QED) is 0.528. The molecule has 1 fully saturated rings. The van der Waals surface area contributed by atoms with E-state index in [9.17, 15) is 0 Å². The molecule has 0 aliphatic carbocycles. The molecular formula is C19H24N8S. The summed E-state index contributed by atoms with van der Waals surface area (Å²) in [5, 5.41) is 15.4. The molecule has 4 aromatic heterocycles. The lowest BCUT2D eigenvalue weighted by Crippen LogP contribution is -2.58. The van der Waals surface area contributed by atoms with Crippen molar-refractivity contribution in [2.45, 2.75) is 38.8 Å². The van der Waals surface area contributed by atoms with Crippen molar-refractivity contribution >= 4 is 27.8 Å². The maximum Gasteiger partial charge on any atom is 0.193 e. The smallest absolute Gasteiger partial charge is 0.193 e. The second-order valence-electron chi connectivity index (χ2n) is 8.53. The molecule has 146 valence electrons. The number of anilines is 1. The van der Waals surface area contributed by atoms with Crippen molar-refractivity contribution in [1.82, 2.24) is 34.1 Å². The van der Waals surface area contributed by atoms with Crippen LogP contribution in [-0.2, 0) is 12.0 Å². The van der Waals surface area contributed by atoms with Crippen LogP contribution in [0.3, 0.4) is 0 Å². The van der Waals surface area contributed by atoms with Crippen molar-refractivity contribution in [2.24, 2.45) is 0 Å². The molecule has 28 heavy (non-hydrogen) atoms. The number of aromatic nitrogens is 6. The van der Waals surface area contributed by atoms with E-state index in [2.05, 4.69) is 75.0 Å². The summed E-state index contributed by atoms with van der Waals surface area (Å²) in [6, 6.07) is 4.54. The molecule has 9 heteroatoms. The Morgan fingerprint density at radius 2 is 2.04 bits per heavy atom. The molecule has 4 aromatic rings. The number of hydrogen-bond donors (Lipinski definition) is 0. The first kappa shape index (κ1) is 17.6. The Hall–Kier alpha value is -2.52. The molecule has 1 saturated heterocycles. The van der Waals surface area contributed by atoms with Crippen LogP contribution in [-0.4, -0.2) is 60.3 Å². The Morgan fingerprint density at radius 3 is 2.79 bits per heavy atom. The molecule has 0 saturated carbocycles. The van der Waals surface area contributed by atoms with Crippen molar-refractivity contribution in [3.05, 3.63) is 41.4 Å². The number of thiazole rings is 1. The molecular weight excluding hydrogens is 372 g/mol. The summed E-state index contributed by atoms with van der Waals surface area (Å²) in [5.41, 5.74) is 1.82. The van der Waals surface area contributed by atoms with Crippen LogP contribution in [0.15, 0.2) is 29.9 Å². The van der Waals surface area contributed by atoms with Crippen molar-refractivity contribution < 1.29 is 0 Å². The van der Waals surface area contributed by atoms with Crippen LogP contribution in [0.2, 0.25) is 0 Å². The van der Waals surface area contributed by atoms with E-state index in [1.807, 2.05) is 16.6 Å². The second kappa shape index (κ2) is 6.25. The van der Waals surface area contributed by atoms with Crippen LogP contribution >= 0.6 is 11.3 Å². The van der Waals surface area contributed by atoms with Crippen molar-refractivity contribution in [3.63, 3.8) is 0 Å². The normalized spacial score (nSPS) is 15.8. The van der Waals surface area contributed by atoms with E-state index in [0.717, 1.165) is 47.6 Å². The fourth-order valence-corrected chi connectivity index (χ4v) is 4.29. The van der Waals surface area contributed by atoms with Gasteiger partial charge in [-0.1, -0.05) is 20.8 Å². The first-order valence-electron chi connectivity index (χ1n) is 9.48. The van der Waals surface area contributed by atoms with Gasteiger partial charge in [0, 0.05) is 48.9 Å². The third-order valence-corrected chi connectivity index (χ3v) is 6.05. The predicted octanol–water partition coefficient (Wildman–Crippen LogP) is 2.45. The maximum absolute atomic E-state index is 4.81. The topological polar surface area (TPSA) is 66.9 Å². The minimum Gasteiger partial charge on any atom is -0.352 e. The zero-order valence-electron chi connectivity index (χ0n) is 16.6. The van der Waals surface area contributed by atoms with E-state index in [-0.39, 0.29) is 5.41 Å². The van der Waals surface area contributed by atoms with Gasteiger partial charge in [-0.25, -0.2) is 4.98 Å². The van der Waals surface area contributed by atoms with Gasteiger partial charge in [-0.15, -0.1) is 26.6 Å². The Morgan fingerprint density at radius 1 is 1.21 bits per heavy atom. The molecule has 0 bridgehead atoms. The highest BCUT2D eigenvalue weighted by Gasteiger charge is 2.32. The zero-order chi connectivity index (χ0) is 19.5. The minimum atomic E-state index is -0.0962. The molecule has 8 nitrogen and oxygen atoms in total. The molecule has 0 radical (unpaired) electrons. The van der Waals surface area contributed by atoms with E-state index in [1.54, 1.807) is 11.3 Å². The van der Waals surface area contributed by atoms with E-state index in [1.165, 1.54) is 0 Å². The SMILES string of the molecule is CN(Cc1cn2ccsc2n1)C1CN(c2ccc3nnc(C(C)(C)C)n3n2)C1. The van der Waals surface area contributed by atoms with Crippen molar-refractivity contribution in [2.75, 3.05) is 25.0 Å². The van der Waals surface area contributed by atoms with Gasteiger partial charge in [-0.05, 0) is 19.2 Å². The number of rotatable bonds is 4. The van der Waals surface area contributed by atoms with Gasteiger partial charge in [-0.3, -0.25) is 9.30 Å². The Labute approximate surface area is 167 Å². The first-order chi connectivity index (χ1) is 13.4. The van der Waals surface area contributed by atoms with Crippen LogP contribution in [0.5, 0.6) is 0 Å². The lowest BCUT2D eigenvalue weighted by atomic mass is 9.96. The van der Waals surface area contributed by atoms with Crippen LogP contribution in [0.4, 0.5) is 5.82 Å². The monoisotopic (exact) mass is 396 g/mol. The summed E-state index contributed by atoms with van der Waals surface area (Å²) >= 11 is 1.67. The van der Waals surface area contributed by atoms with Gasteiger partial charge in [0.2, 0.25) is 0 Å². The molecule has 5 heterocycles. The van der Waals surface area contributed by atoms with Crippen molar-refractivity contribution in [3.8, 4) is 0 Å². The molecule has 0 atom stereocenters. The molecule has 0 unspecified atom stereocenters. The highest BCUT2D eigenvalue weighted by molar-refractivity contribution is 7.15. The highest BCUT2D eigenvalue weighted by Crippen LogP contribution is 2.25. The van der Waals surface area contributed by atoms with E-state index < -0.39 is 0 Å². The van der Waals surface area contributed by atoms with Gasteiger partial charge >= 0.3 is 0 Å². The third-order valence-electron chi connectivity index (χ3n) is 5.28. The number of nitrogens with zero attached hydrogens (tertiary/aromatic N) is 8. The Kier molecular flexibility index (Phi) is 3.92. The molecule has 5 rings (SSSR count). The number of likely N-dealkylation sites (N-methyl/N-ethyl adjacent to an activating group) is 1. The lowest BCUT2D eigenvalue weighted by Gasteiger charge is -2.44. The largest absolute Gasteiger partial charge is 0.352 e. The third kappa shape index (κ3) is 2.94. The fraction of sp³-hybridized carbons (Fsp3) is 0.474. The van der Waals surface area contributed by atoms with Crippen LogP contribution in [0.1, 0.15) is 32.3 Å². The first-order valence-corrected chi connectivity index (χ1v) is 10.4. The average molecular weight is 397 g/mol. The number of imidazole rings is 1. The summed E-state index contributed by atoms with van der Waals surface area (Å²) in [6.45, 7) is 9.18. The van der Waals surface area contributed by atoms with Gasteiger partial charge in [-0.2, -0.15) is 4.52 Å². The number of hydrogen-bond acceptors (Lipinski definition) is 7. The lowest BCUT2D eigenvalue weighted by molar-refractivity contribution is 0.195. The summed E-state index contributed by atoms with van der Waals surface area (Å²) < 4.78 is 3.97. The van der Waals surface area contributed by atoms with Gasteiger partial charge < -0.3 is 4.90 Å². The summed E-state index contributed by atoms with van der Waals surface area (Å²) in [6.07, 6.45) is 4.18. The van der Waals surface area contributed by atoms with Crippen LogP contribution in [0, 0.1) is 0 Å². The van der Waals surface area contributed by atoms with Gasteiger partial charge in [0.15, 0.2) is 16.4 Å². The summed E-state index contributed by atoms with van der Waals surface area (Å²) in [5.74, 6) is 1.86. The predicted molar refractivity (Wildman–Crippen MR) is 110 cm³/mol. The van der Waals surface area contributed by atoms with Gasteiger partial charge in [0.1, 0.15) is 5.82 Å². The molecule has 0 spiro atoms. The summed E-state index contributed by atoms with van der Waals surface area (Å²) in [4.78, 5) is 10.4. The number of fused-ring (bicyclic) bond motifs is 2. The van der Waals surface area contributed by atoms with E-state index in [0.29, 0.717) is 6.04 Å². The minimum absolute atomic E-state index is 0.0962. The highest BCUT2D eigenvalue weighted by atomic mass is 32.1. The molecule has 0 N–H and O–H groups in total. The summed E-state index contributed by atoms with van der Waals surface area (Å²) in [7, 11) is 2.17. The maximum atomic E-state index is 4.81. The molecule has 0 aromatic carbocycles. The van der Waals surface area contributed by atoms with Crippen LogP contribution in [0.25, 0.3) is 10.6 Å². The molecule has 0 amide bonds. The van der Waals surface area contributed by atoms with Crippen LogP contribution < -0.4 is 4.90 Å². The Balaban J connectivity index is 1.27. The van der Waals surface area contributed by atoms with Gasteiger partial charge in [0.25, 0.3) is 0 Å². The Bertz CT molecular complexity index is 1100.